The van der Waals surface area contributed by atoms with Crippen molar-refractivity contribution in [2.45, 2.75) is 52.0 Å². The summed E-state index contributed by atoms with van der Waals surface area (Å²) in [5, 5.41) is 3.62. The maximum Gasteiger partial charge on any atom is 0.0258 e. The topological polar surface area (TPSA) is 15.3 Å². The smallest absolute Gasteiger partial charge is 0.0258 e. The van der Waals surface area contributed by atoms with Crippen molar-refractivity contribution in [3.63, 3.8) is 0 Å². The summed E-state index contributed by atoms with van der Waals surface area (Å²) in [6.45, 7) is 9.89. The highest BCUT2D eigenvalue weighted by atomic mass is 15.1. The molecule has 0 aromatic rings. The molecule has 0 unspecified atom stereocenters. The third kappa shape index (κ3) is 6.11. The van der Waals surface area contributed by atoms with Crippen LogP contribution in [-0.4, -0.2) is 31.6 Å². The molecule has 1 aliphatic carbocycles. The summed E-state index contributed by atoms with van der Waals surface area (Å²) in [6.07, 6.45) is 6.47. The molecule has 1 N–H and O–H groups in total. The van der Waals surface area contributed by atoms with Gasteiger partial charge in [0.15, 0.2) is 0 Å². The molecule has 1 rings (SSSR count). The number of nitrogens with one attached hydrogen (secondary N) is 1. The predicted molar refractivity (Wildman–Crippen MR) is 76.0 cm³/mol. The molecule has 0 amide bonds. The lowest BCUT2D eigenvalue weighted by molar-refractivity contribution is 0.239. The van der Waals surface area contributed by atoms with E-state index in [0.717, 1.165) is 12.3 Å². The summed E-state index contributed by atoms with van der Waals surface area (Å²) >= 11 is 0. The van der Waals surface area contributed by atoms with Crippen LogP contribution in [0.15, 0.2) is 12.3 Å². The van der Waals surface area contributed by atoms with Crippen LogP contribution in [0.5, 0.6) is 0 Å². The van der Waals surface area contributed by atoms with Gasteiger partial charge >= 0.3 is 0 Å². The molecule has 0 aromatic heterocycles. The van der Waals surface area contributed by atoms with E-state index >= 15 is 0 Å². The lowest BCUT2D eigenvalue weighted by Crippen LogP contribution is -2.35. The summed E-state index contributed by atoms with van der Waals surface area (Å²) in [5.41, 5.74) is 1.23. The molecular formula is C15H30N2. The highest BCUT2D eigenvalue weighted by Gasteiger charge is 2.21. The Balaban J connectivity index is 2.20. The Labute approximate surface area is 107 Å². The fourth-order valence-electron chi connectivity index (χ4n) is 2.85. The molecule has 17 heavy (non-hydrogen) atoms. The van der Waals surface area contributed by atoms with Crippen molar-refractivity contribution < 1.29 is 0 Å². The van der Waals surface area contributed by atoms with Gasteiger partial charge in [-0.05, 0) is 58.0 Å². The monoisotopic (exact) mass is 238 g/mol. The van der Waals surface area contributed by atoms with Crippen molar-refractivity contribution in [1.82, 2.24) is 10.2 Å². The third-order valence-electron chi connectivity index (χ3n) is 3.53. The van der Waals surface area contributed by atoms with E-state index in [1.54, 1.807) is 0 Å². The first-order chi connectivity index (χ1) is 7.97. The molecule has 0 aromatic carbocycles. The molecule has 0 spiro atoms. The minimum atomic E-state index is 0.680. The van der Waals surface area contributed by atoms with Gasteiger partial charge in [-0.1, -0.05) is 20.4 Å². The van der Waals surface area contributed by atoms with Crippen LogP contribution in [-0.2, 0) is 0 Å². The van der Waals surface area contributed by atoms with Crippen LogP contribution in [0.4, 0.5) is 0 Å². The minimum Gasteiger partial charge on any atom is -0.386 e. The van der Waals surface area contributed by atoms with Gasteiger partial charge in [-0.15, -0.1) is 0 Å². The Hall–Kier alpha value is -0.500. The Morgan fingerprint density at radius 2 is 1.82 bits per heavy atom. The van der Waals surface area contributed by atoms with Gasteiger partial charge in [-0.25, -0.2) is 0 Å². The molecule has 1 aliphatic rings. The zero-order valence-electron chi connectivity index (χ0n) is 12.1. The Bertz CT molecular complexity index is 225. The summed E-state index contributed by atoms with van der Waals surface area (Å²) < 4.78 is 0. The molecule has 0 bridgehead atoms. The SMILES string of the molecule is C=C(CC(C)C)NC1CCC(CN(C)C)CC1. The maximum atomic E-state index is 4.14. The van der Waals surface area contributed by atoms with E-state index in [2.05, 4.69) is 44.7 Å². The van der Waals surface area contributed by atoms with E-state index in [9.17, 15) is 0 Å². The van der Waals surface area contributed by atoms with Crippen LogP contribution in [0.2, 0.25) is 0 Å². The normalized spacial score (nSPS) is 25.3. The third-order valence-corrected chi connectivity index (χ3v) is 3.53. The molecular weight excluding hydrogens is 208 g/mol. The number of hydrogen-bond acceptors (Lipinski definition) is 2. The van der Waals surface area contributed by atoms with Crippen molar-refractivity contribution >= 4 is 0 Å². The van der Waals surface area contributed by atoms with Crippen LogP contribution in [0, 0.1) is 11.8 Å². The Kier molecular flexibility index (Phi) is 6.04. The number of nitrogens with zero attached hydrogens (tertiary/aromatic N) is 1. The molecule has 0 atom stereocenters. The van der Waals surface area contributed by atoms with Gasteiger partial charge in [-0.3, -0.25) is 0 Å². The average molecular weight is 238 g/mol. The molecule has 2 nitrogen and oxygen atoms in total. The molecule has 0 heterocycles. The summed E-state index contributed by atoms with van der Waals surface area (Å²) in [6, 6.07) is 0.680. The summed E-state index contributed by atoms with van der Waals surface area (Å²) in [4.78, 5) is 2.32. The first-order valence-corrected chi connectivity index (χ1v) is 7.06. The van der Waals surface area contributed by atoms with E-state index < -0.39 is 0 Å². The maximum absolute atomic E-state index is 4.14. The fraction of sp³-hybridized carbons (Fsp3) is 0.867. The molecule has 0 saturated heterocycles. The van der Waals surface area contributed by atoms with E-state index in [1.807, 2.05) is 0 Å². The minimum absolute atomic E-state index is 0.680. The van der Waals surface area contributed by atoms with Crippen LogP contribution in [0.3, 0.4) is 0 Å². The zero-order chi connectivity index (χ0) is 12.8. The van der Waals surface area contributed by atoms with Crippen LogP contribution in [0.1, 0.15) is 46.0 Å². The van der Waals surface area contributed by atoms with E-state index in [0.29, 0.717) is 12.0 Å². The number of rotatable bonds is 6. The van der Waals surface area contributed by atoms with E-state index in [4.69, 9.17) is 0 Å². The molecule has 100 valence electrons. The summed E-state index contributed by atoms with van der Waals surface area (Å²) in [7, 11) is 4.35. The lowest BCUT2D eigenvalue weighted by Gasteiger charge is -2.32. The average Bonchev–Trinajstić information content (AvgIpc) is 2.18. The van der Waals surface area contributed by atoms with Crippen molar-refractivity contribution in [3.05, 3.63) is 12.3 Å². The van der Waals surface area contributed by atoms with Crippen molar-refractivity contribution in [3.8, 4) is 0 Å². The molecule has 2 heteroatoms. The van der Waals surface area contributed by atoms with Crippen LogP contribution >= 0.6 is 0 Å². The van der Waals surface area contributed by atoms with Gasteiger partial charge in [0.25, 0.3) is 0 Å². The quantitative estimate of drug-likeness (QED) is 0.764. The van der Waals surface area contributed by atoms with Crippen LogP contribution < -0.4 is 5.32 Å². The van der Waals surface area contributed by atoms with Crippen molar-refractivity contribution in [2.75, 3.05) is 20.6 Å². The first-order valence-electron chi connectivity index (χ1n) is 7.06. The number of hydrogen-bond donors (Lipinski definition) is 1. The molecule has 0 aliphatic heterocycles. The Morgan fingerprint density at radius 3 is 2.29 bits per heavy atom. The van der Waals surface area contributed by atoms with Gasteiger partial charge in [0, 0.05) is 18.3 Å². The van der Waals surface area contributed by atoms with E-state index in [1.165, 1.54) is 37.9 Å². The van der Waals surface area contributed by atoms with E-state index in [-0.39, 0.29) is 0 Å². The first kappa shape index (κ1) is 14.6. The highest BCUT2D eigenvalue weighted by molar-refractivity contribution is 4.95. The fourth-order valence-corrected chi connectivity index (χ4v) is 2.85. The zero-order valence-corrected chi connectivity index (χ0v) is 12.1. The van der Waals surface area contributed by atoms with Gasteiger partial charge < -0.3 is 10.2 Å². The van der Waals surface area contributed by atoms with Crippen molar-refractivity contribution in [2.24, 2.45) is 11.8 Å². The van der Waals surface area contributed by atoms with Crippen molar-refractivity contribution in [1.29, 1.82) is 0 Å². The number of allylic oxidation sites excluding steroid dienone is 1. The molecule has 1 fully saturated rings. The highest BCUT2D eigenvalue weighted by Crippen LogP contribution is 2.25. The van der Waals surface area contributed by atoms with Gasteiger partial charge in [0.05, 0.1) is 0 Å². The van der Waals surface area contributed by atoms with Gasteiger partial charge in [-0.2, -0.15) is 0 Å². The van der Waals surface area contributed by atoms with Gasteiger partial charge in [0.1, 0.15) is 0 Å². The molecule has 1 saturated carbocycles. The summed E-state index contributed by atoms with van der Waals surface area (Å²) in [5.74, 6) is 1.61. The second kappa shape index (κ2) is 7.05. The second-order valence-electron chi connectivity index (χ2n) is 6.33. The Morgan fingerprint density at radius 1 is 1.24 bits per heavy atom. The largest absolute Gasteiger partial charge is 0.386 e. The predicted octanol–water partition coefficient (Wildman–Crippen LogP) is 3.26. The second-order valence-corrected chi connectivity index (χ2v) is 6.33. The van der Waals surface area contributed by atoms with Gasteiger partial charge in [0.2, 0.25) is 0 Å². The lowest BCUT2D eigenvalue weighted by atomic mass is 9.85. The van der Waals surface area contributed by atoms with Crippen LogP contribution in [0.25, 0.3) is 0 Å². The standard InChI is InChI=1S/C15H30N2/c1-12(2)10-13(3)16-15-8-6-14(7-9-15)11-17(4)5/h12,14-16H,3,6-11H2,1-2,4-5H3. The molecule has 0 radical (unpaired) electrons.